The Labute approximate surface area is 139 Å². The number of hydrogen-bond acceptors (Lipinski definition) is 2. The van der Waals surface area contributed by atoms with Crippen LogP contribution in [0, 0.1) is 0 Å². The third-order valence-corrected chi connectivity index (χ3v) is 10.8. The van der Waals surface area contributed by atoms with E-state index in [1.54, 1.807) is 5.57 Å². The molecular formula is C19H37NOSi. The predicted octanol–water partition coefficient (Wildman–Crippen LogP) is 5.36. The first-order chi connectivity index (χ1) is 10.7. The molecule has 0 aromatic rings. The maximum atomic E-state index is 6.97. The fourth-order valence-electron chi connectivity index (χ4n) is 4.28. The molecule has 2 aliphatic rings. The zero-order valence-corrected chi connectivity index (χ0v) is 16.4. The standard InChI is InChI=1S/C19H37NOSi/c1-5-9-11-17-13-15-20-14-10-12-18(20)16-19(17)21-22(6-2,7-3)8-4/h11,18-19H,5-10,12-16H2,1-4H3/b17-11+/t18-,19+/m0/s1. The number of nitrogens with zero attached hydrogens (tertiary/aromatic N) is 1. The summed E-state index contributed by atoms with van der Waals surface area (Å²) in [6.45, 7) is 11.9. The summed E-state index contributed by atoms with van der Waals surface area (Å²) in [6.07, 6.45) is 10.7. The van der Waals surface area contributed by atoms with Crippen molar-refractivity contribution in [3.8, 4) is 0 Å². The van der Waals surface area contributed by atoms with Crippen molar-refractivity contribution >= 4 is 8.32 Å². The fraction of sp³-hybridized carbons (Fsp3) is 0.895. The van der Waals surface area contributed by atoms with Crippen LogP contribution in [0.5, 0.6) is 0 Å². The largest absolute Gasteiger partial charge is 0.410 e. The highest BCUT2D eigenvalue weighted by atomic mass is 28.4. The molecule has 2 atom stereocenters. The summed E-state index contributed by atoms with van der Waals surface area (Å²) < 4.78 is 6.97. The first-order valence-corrected chi connectivity index (χ1v) is 12.3. The van der Waals surface area contributed by atoms with Gasteiger partial charge in [-0.2, -0.15) is 0 Å². The first kappa shape index (κ1) is 18.2. The van der Waals surface area contributed by atoms with Crippen molar-refractivity contribution in [2.75, 3.05) is 13.1 Å². The fourth-order valence-corrected chi connectivity index (χ4v) is 7.13. The van der Waals surface area contributed by atoms with Gasteiger partial charge in [0.15, 0.2) is 8.32 Å². The molecule has 2 nitrogen and oxygen atoms in total. The summed E-state index contributed by atoms with van der Waals surface area (Å²) in [6, 6.07) is 4.60. The highest BCUT2D eigenvalue weighted by molar-refractivity contribution is 6.73. The third kappa shape index (κ3) is 4.24. The van der Waals surface area contributed by atoms with Crippen LogP contribution in [0.4, 0.5) is 0 Å². The molecule has 0 aromatic heterocycles. The number of unbranched alkanes of at least 4 members (excludes halogenated alkanes) is 1. The van der Waals surface area contributed by atoms with Gasteiger partial charge in [-0.1, -0.05) is 40.2 Å². The first-order valence-electron chi connectivity index (χ1n) is 9.78. The lowest BCUT2D eigenvalue weighted by molar-refractivity contribution is 0.175. The monoisotopic (exact) mass is 323 g/mol. The maximum absolute atomic E-state index is 6.97. The summed E-state index contributed by atoms with van der Waals surface area (Å²) >= 11 is 0. The number of hydrogen-bond donors (Lipinski definition) is 0. The number of allylic oxidation sites excluding steroid dienone is 1. The molecule has 2 fully saturated rings. The van der Waals surface area contributed by atoms with Crippen molar-refractivity contribution in [3.63, 3.8) is 0 Å². The van der Waals surface area contributed by atoms with Crippen LogP contribution in [0.15, 0.2) is 11.6 Å². The van der Waals surface area contributed by atoms with Gasteiger partial charge >= 0.3 is 0 Å². The molecular weight excluding hydrogens is 286 g/mol. The minimum Gasteiger partial charge on any atom is -0.410 e. The Morgan fingerprint density at radius 3 is 2.50 bits per heavy atom. The predicted molar refractivity (Wildman–Crippen MR) is 98.9 cm³/mol. The van der Waals surface area contributed by atoms with Crippen molar-refractivity contribution in [1.29, 1.82) is 0 Å². The smallest absolute Gasteiger partial charge is 0.192 e. The summed E-state index contributed by atoms with van der Waals surface area (Å²) in [7, 11) is -1.51. The second kappa shape index (κ2) is 8.65. The van der Waals surface area contributed by atoms with Gasteiger partial charge in [-0.25, -0.2) is 0 Å². The molecule has 0 radical (unpaired) electrons. The zero-order valence-electron chi connectivity index (χ0n) is 15.4. The molecule has 0 spiro atoms. The van der Waals surface area contributed by atoms with Crippen LogP contribution in [0.3, 0.4) is 0 Å². The van der Waals surface area contributed by atoms with Crippen molar-refractivity contribution in [2.45, 2.75) is 96.5 Å². The van der Waals surface area contributed by atoms with Crippen molar-refractivity contribution in [2.24, 2.45) is 0 Å². The van der Waals surface area contributed by atoms with E-state index in [1.807, 2.05) is 0 Å². The third-order valence-electron chi connectivity index (χ3n) is 6.11. The summed E-state index contributed by atoms with van der Waals surface area (Å²) in [5.41, 5.74) is 1.63. The van der Waals surface area contributed by atoms with E-state index in [2.05, 4.69) is 38.7 Å². The van der Waals surface area contributed by atoms with E-state index in [1.165, 1.54) is 69.7 Å². The second-order valence-corrected chi connectivity index (χ2v) is 12.0. The Hall–Kier alpha value is -0.123. The van der Waals surface area contributed by atoms with Crippen LogP contribution in [0.1, 0.15) is 66.2 Å². The molecule has 128 valence electrons. The molecule has 0 saturated carbocycles. The average Bonchev–Trinajstić information content (AvgIpc) is 2.93. The Morgan fingerprint density at radius 2 is 1.86 bits per heavy atom. The minimum absolute atomic E-state index is 0.422. The summed E-state index contributed by atoms with van der Waals surface area (Å²) in [5.74, 6) is 0. The van der Waals surface area contributed by atoms with Gasteiger partial charge in [0.25, 0.3) is 0 Å². The Bertz CT molecular complexity index is 356. The van der Waals surface area contributed by atoms with Gasteiger partial charge in [-0.3, -0.25) is 4.90 Å². The minimum atomic E-state index is -1.51. The molecule has 0 aliphatic carbocycles. The van der Waals surface area contributed by atoms with Crippen molar-refractivity contribution in [1.82, 2.24) is 4.90 Å². The van der Waals surface area contributed by atoms with E-state index in [0.29, 0.717) is 6.10 Å². The molecule has 2 saturated heterocycles. The molecule has 0 bridgehead atoms. The zero-order chi connectivity index (χ0) is 16.0. The van der Waals surface area contributed by atoms with Crippen molar-refractivity contribution in [3.05, 3.63) is 11.6 Å². The molecule has 2 rings (SSSR count). The van der Waals surface area contributed by atoms with Crippen LogP contribution >= 0.6 is 0 Å². The molecule has 3 heteroatoms. The van der Waals surface area contributed by atoms with Gasteiger partial charge in [0.05, 0.1) is 6.10 Å². The number of rotatable bonds is 7. The van der Waals surface area contributed by atoms with Gasteiger partial charge in [-0.15, -0.1) is 0 Å². The van der Waals surface area contributed by atoms with E-state index in [4.69, 9.17) is 4.43 Å². The topological polar surface area (TPSA) is 12.5 Å². The lowest BCUT2D eigenvalue weighted by atomic mass is 9.99. The maximum Gasteiger partial charge on any atom is 0.192 e. The Morgan fingerprint density at radius 1 is 1.14 bits per heavy atom. The average molecular weight is 324 g/mol. The van der Waals surface area contributed by atoms with Gasteiger partial charge in [0, 0.05) is 12.6 Å². The second-order valence-electron chi connectivity index (χ2n) is 7.24. The Kier molecular flexibility index (Phi) is 7.16. The van der Waals surface area contributed by atoms with Crippen molar-refractivity contribution < 1.29 is 4.43 Å². The SMILES string of the molecule is CCC/C=C1\CCN2CCC[C@H]2C[C@H]1O[Si](CC)(CC)CC. The highest BCUT2D eigenvalue weighted by Crippen LogP contribution is 2.34. The molecule has 0 N–H and O–H groups in total. The Balaban J connectivity index is 2.16. The van der Waals surface area contributed by atoms with Gasteiger partial charge < -0.3 is 4.43 Å². The normalized spacial score (nSPS) is 28.8. The highest BCUT2D eigenvalue weighted by Gasteiger charge is 2.37. The van der Waals surface area contributed by atoms with Crippen LogP contribution < -0.4 is 0 Å². The van der Waals surface area contributed by atoms with Crippen LogP contribution in [-0.2, 0) is 4.43 Å². The number of fused-ring (bicyclic) bond motifs is 1. The van der Waals surface area contributed by atoms with E-state index in [9.17, 15) is 0 Å². The van der Waals surface area contributed by atoms with Crippen LogP contribution in [0.25, 0.3) is 0 Å². The molecule has 0 amide bonds. The van der Waals surface area contributed by atoms with E-state index < -0.39 is 8.32 Å². The lowest BCUT2D eigenvalue weighted by Gasteiger charge is -2.35. The molecule has 0 unspecified atom stereocenters. The van der Waals surface area contributed by atoms with E-state index in [0.717, 1.165) is 6.04 Å². The molecule has 0 aromatic carbocycles. The summed E-state index contributed by atoms with van der Waals surface area (Å²) in [4.78, 5) is 2.73. The molecule has 2 aliphatic heterocycles. The van der Waals surface area contributed by atoms with Gasteiger partial charge in [0.2, 0.25) is 0 Å². The molecule has 22 heavy (non-hydrogen) atoms. The van der Waals surface area contributed by atoms with Gasteiger partial charge in [0.1, 0.15) is 0 Å². The summed E-state index contributed by atoms with van der Waals surface area (Å²) in [5, 5.41) is 0. The van der Waals surface area contributed by atoms with Crippen LogP contribution in [0.2, 0.25) is 18.1 Å². The van der Waals surface area contributed by atoms with Gasteiger partial charge in [-0.05, 0) is 62.4 Å². The lowest BCUT2D eigenvalue weighted by Crippen LogP contribution is -2.41. The van der Waals surface area contributed by atoms with Crippen LogP contribution in [-0.4, -0.2) is 38.5 Å². The quantitative estimate of drug-likeness (QED) is 0.462. The van der Waals surface area contributed by atoms with E-state index in [-0.39, 0.29) is 0 Å². The molecule has 2 heterocycles. The van der Waals surface area contributed by atoms with E-state index >= 15 is 0 Å².